The van der Waals surface area contributed by atoms with Gasteiger partial charge in [-0.05, 0) is 38.5 Å². The number of aliphatic hydroxyl groups excluding tert-OH is 2. The highest BCUT2D eigenvalue weighted by molar-refractivity contribution is 14.1. The van der Waals surface area contributed by atoms with Crippen molar-refractivity contribution in [2.24, 2.45) is 0 Å². The van der Waals surface area contributed by atoms with Gasteiger partial charge in [0.25, 0.3) is 0 Å². The highest BCUT2D eigenvalue weighted by Crippen LogP contribution is 2.48. The molecule has 0 aromatic rings. The highest BCUT2D eigenvalue weighted by Gasteiger charge is 2.30. The Morgan fingerprint density at radius 1 is 0.538 bits per heavy atom. The van der Waals surface area contributed by atoms with E-state index in [-0.39, 0.29) is 97.8 Å². The van der Waals surface area contributed by atoms with Crippen LogP contribution in [0.25, 0.3) is 0 Å². The summed E-state index contributed by atoms with van der Waals surface area (Å²) in [5, 5.41) is 23.7. The maximum atomic E-state index is 12.6. The predicted molar refractivity (Wildman–Crippen MR) is 240 cm³/mol. The summed E-state index contributed by atoms with van der Waals surface area (Å²) in [5.74, 6) is -1.14. The van der Waals surface area contributed by atoms with E-state index in [2.05, 4.69) is 35.8 Å². The molecule has 2 amide bonds. The van der Waals surface area contributed by atoms with E-state index in [0.29, 0.717) is 0 Å². The van der Waals surface area contributed by atoms with Gasteiger partial charge in [-0.2, -0.15) is 0 Å². The number of phosphoric ester groups is 5. The van der Waals surface area contributed by atoms with Crippen molar-refractivity contribution in [2.45, 2.75) is 69.6 Å². The second-order valence-electron chi connectivity index (χ2n) is 12.6. The van der Waals surface area contributed by atoms with Crippen LogP contribution in [0.5, 0.6) is 0 Å². The summed E-state index contributed by atoms with van der Waals surface area (Å²) in [4.78, 5) is 74.0. The molecule has 0 aliphatic rings. The van der Waals surface area contributed by atoms with Gasteiger partial charge < -0.3 is 54.8 Å². The van der Waals surface area contributed by atoms with Crippen LogP contribution in [0.1, 0.15) is 51.4 Å². The van der Waals surface area contributed by atoms with Gasteiger partial charge in [0.2, 0.25) is 11.8 Å². The fourth-order valence-corrected chi connectivity index (χ4v) is 8.50. The molecule has 0 saturated carbocycles. The third-order valence-electron chi connectivity index (χ3n) is 7.32. The van der Waals surface area contributed by atoms with Gasteiger partial charge in [-0.15, -0.1) is 0 Å². The van der Waals surface area contributed by atoms with E-state index in [4.69, 9.17) is 36.6 Å². The molecule has 0 spiro atoms. The molecule has 0 fully saturated rings. The summed E-state index contributed by atoms with van der Waals surface area (Å²) >= 11 is 3.70. The lowest BCUT2D eigenvalue weighted by molar-refractivity contribution is -0.124. The second-order valence-corrected chi connectivity index (χ2v) is 21.4. The van der Waals surface area contributed by atoms with Gasteiger partial charge in [-0.3, -0.25) is 54.8 Å². The van der Waals surface area contributed by atoms with E-state index >= 15 is 0 Å². The van der Waals surface area contributed by atoms with Gasteiger partial charge in [0.1, 0.15) is 13.5 Å². The molecule has 30 nitrogen and oxygen atoms in total. The van der Waals surface area contributed by atoms with E-state index < -0.39 is 115 Å². The summed E-state index contributed by atoms with van der Waals surface area (Å²) in [6, 6.07) is -1.03. The van der Waals surface area contributed by atoms with E-state index in [1.54, 1.807) is 0 Å². The molecule has 0 aromatic carbocycles. The Morgan fingerprint density at radius 2 is 0.938 bits per heavy atom. The van der Waals surface area contributed by atoms with Crippen molar-refractivity contribution >= 4 is 96.7 Å². The van der Waals surface area contributed by atoms with Gasteiger partial charge in [0.15, 0.2) is 0 Å². The van der Waals surface area contributed by atoms with Crippen molar-refractivity contribution in [1.29, 1.82) is 0 Å². The normalized spacial score (nSPS) is 18.0. The molecule has 11 N–H and O–H groups in total. The largest absolute Gasteiger partial charge is 0.472 e. The van der Waals surface area contributed by atoms with Gasteiger partial charge in [-0.1, -0.05) is 0 Å². The first-order valence-electron chi connectivity index (χ1n) is 19.2. The molecule has 0 rings (SSSR count). The molecule has 65 heavy (non-hydrogen) atoms. The van der Waals surface area contributed by atoms with Gasteiger partial charge >= 0.3 is 39.1 Å². The predicted octanol–water partition coefficient (Wildman–Crippen LogP) is 1.56. The zero-order valence-electron chi connectivity index (χ0n) is 35.2. The molecule has 8 unspecified atom stereocenters. The average Bonchev–Trinajstić information content (AvgIpc) is 3.24. The maximum Gasteiger partial charge on any atom is 0.472 e. The molecule has 0 saturated heterocycles. The van der Waals surface area contributed by atoms with Crippen LogP contribution in [0.2, 0.25) is 0 Å². The molecule has 388 valence electrons. The standard InChI is InChI=1S/C28H61I2N4O26P5/c1-49-61(39,40)58-21-24(34-28(38)7-3-5-11-53-63(43,44)55-15-17-57-65(47,48)60-26(20-36)9-13-51-23-33-30)18-31-27(37)6-2-4-10-52-62(41,42)54-14-16-56-64(45,46)59-25(19-35)8-12-50-22-32-29/h24-26,32-33,35-36H,2-23H2,1H3,(H,31,37)(H,34,38)(H,39,40)(H,41,42)(H,43,44)(H,45,46)(H,47,48). The Hall–Kier alpha value is 0.710. The van der Waals surface area contributed by atoms with Crippen molar-refractivity contribution in [1.82, 2.24) is 17.7 Å². The number of nitrogens with one attached hydrogen (secondary N) is 4. The SMILES string of the molecule is COP(=O)(O)OCC(CNC(=O)CCCCOP(=O)(O)OCCOP(=O)(O)OC(CO)CCOCNI)NC(=O)CCCCOP(=O)(O)OCCOP(=O)(O)OC(CO)CCOCNI. The van der Waals surface area contributed by atoms with E-state index in [1.807, 2.05) is 45.7 Å². The summed E-state index contributed by atoms with van der Waals surface area (Å²) in [6.45, 7) is -4.73. The Bertz CT molecular complexity index is 1550. The third-order valence-corrected chi connectivity index (χ3v) is 13.1. The molecule has 0 aromatic heterocycles. The lowest BCUT2D eigenvalue weighted by Crippen LogP contribution is -2.46. The zero-order chi connectivity index (χ0) is 49.3. The smallest absolute Gasteiger partial charge is 0.394 e. The zero-order valence-corrected chi connectivity index (χ0v) is 44.0. The quantitative estimate of drug-likeness (QED) is 0.0135. The third kappa shape index (κ3) is 39.1. The number of ether oxygens (including phenoxy) is 2. The molecule has 8 atom stereocenters. The minimum absolute atomic E-state index is 0.0682. The fourth-order valence-electron chi connectivity index (χ4n) is 4.28. The van der Waals surface area contributed by atoms with Crippen molar-refractivity contribution in [2.75, 3.05) is 99.8 Å². The number of hydrogen-bond acceptors (Lipinski definition) is 23. The Kier molecular flexibility index (Phi) is 37.9. The molecule has 0 heterocycles. The highest BCUT2D eigenvalue weighted by atomic mass is 127. The fraction of sp³-hybridized carbons (Fsp3) is 0.929. The minimum atomic E-state index is -4.67. The van der Waals surface area contributed by atoms with Crippen molar-refractivity contribution in [3.8, 4) is 0 Å². The van der Waals surface area contributed by atoms with E-state index in [1.165, 1.54) is 0 Å². The summed E-state index contributed by atoms with van der Waals surface area (Å²) in [5.41, 5.74) is 0. The number of carbonyl (C=O) groups is 2. The van der Waals surface area contributed by atoms with Crippen LogP contribution in [0, 0.1) is 0 Å². The van der Waals surface area contributed by atoms with Crippen LogP contribution in [0.3, 0.4) is 0 Å². The lowest BCUT2D eigenvalue weighted by atomic mass is 10.2. The summed E-state index contributed by atoms with van der Waals surface area (Å²) in [6.07, 6.45) is -1.87. The van der Waals surface area contributed by atoms with Crippen LogP contribution in [0.15, 0.2) is 0 Å². The minimum Gasteiger partial charge on any atom is -0.394 e. The topological polar surface area (TPSA) is 420 Å². The molecule has 0 radical (unpaired) electrons. The van der Waals surface area contributed by atoms with E-state index in [0.717, 1.165) is 7.11 Å². The van der Waals surface area contributed by atoms with Crippen molar-refractivity contribution in [3.63, 3.8) is 0 Å². The molecular formula is C28H61I2N4O26P5. The van der Waals surface area contributed by atoms with Gasteiger partial charge in [-0.25, -0.2) is 29.9 Å². The first kappa shape index (κ1) is 65.7. The number of aliphatic hydroxyl groups is 2. The van der Waals surface area contributed by atoms with Gasteiger partial charge in [0, 0.05) is 72.2 Å². The number of amides is 2. The van der Waals surface area contributed by atoms with Crippen LogP contribution in [-0.4, -0.2) is 165 Å². The lowest BCUT2D eigenvalue weighted by Gasteiger charge is -2.20. The summed E-state index contributed by atoms with van der Waals surface area (Å²) in [7, 11) is -22.2. The van der Waals surface area contributed by atoms with E-state index in [9.17, 15) is 67.1 Å². The first-order valence-corrected chi connectivity index (χ1v) is 28.9. The first-order chi connectivity index (χ1) is 30.5. The second kappa shape index (κ2) is 37.5. The van der Waals surface area contributed by atoms with Crippen LogP contribution < -0.4 is 17.7 Å². The van der Waals surface area contributed by atoms with Crippen LogP contribution >= 0.6 is 84.8 Å². The maximum absolute atomic E-state index is 12.6. The number of halogens is 2. The molecule has 0 aliphatic carbocycles. The molecular weight excluding hydrogens is 1220 g/mol. The van der Waals surface area contributed by atoms with Crippen molar-refractivity contribution < 1.29 is 122 Å². The Morgan fingerprint density at radius 3 is 1.34 bits per heavy atom. The Balaban J connectivity index is 4.57. The monoisotopic (exact) mass is 1280 g/mol. The summed E-state index contributed by atoms with van der Waals surface area (Å²) < 4.78 is 123. The van der Waals surface area contributed by atoms with Gasteiger partial charge in [0.05, 0.1) is 90.9 Å². The molecule has 0 aliphatic heterocycles. The molecule has 37 heteroatoms. The number of carbonyl (C=O) groups excluding carboxylic acids is 2. The number of phosphoric acid groups is 5. The number of unbranched alkanes of at least 4 members (excludes halogenated alkanes) is 2. The van der Waals surface area contributed by atoms with Crippen LogP contribution in [-0.2, 0) is 87.1 Å². The number of rotatable bonds is 45. The van der Waals surface area contributed by atoms with Crippen LogP contribution in [0.4, 0.5) is 0 Å². The number of hydrogen-bond donors (Lipinski definition) is 11. The van der Waals surface area contributed by atoms with Crippen molar-refractivity contribution in [3.05, 3.63) is 0 Å². The molecule has 0 bridgehead atoms. The average molecular weight is 1280 g/mol. The Labute approximate surface area is 403 Å².